The van der Waals surface area contributed by atoms with Crippen LogP contribution < -0.4 is 21.3 Å². The van der Waals surface area contributed by atoms with Gasteiger partial charge in [-0.05, 0) is 35.7 Å². The van der Waals surface area contributed by atoms with Gasteiger partial charge in [0.2, 0.25) is 5.91 Å². The van der Waals surface area contributed by atoms with Crippen LogP contribution in [-0.2, 0) is 11.3 Å². The molecule has 2 amide bonds. The Morgan fingerprint density at radius 1 is 1.10 bits per heavy atom. The molecule has 7 heteroatoms. The van der Waals surface area contributed by atoms with E-state index in [-0.39, 0.29) is 17.7 Å². The Labute approximate surface area is 183 Å². The van der Waals surface area contributed by atoms with Crippen LogP contribution >= 0.6 is 0 Å². The first kappa shape index (κ1) is 22.3. The summed E-state index contributed by atoms with van der Waals surface area (Å²) in [7, 11) is 1.72. The first-order valence-corrected chi connectivity index (χ1v) is 10.8. The van der Waals surface area contributed by atoms with Gasteiger partial charge < -0.3 is 21.3 Å². The number of hydrogen-bond acceptors (Lipinski definition) is 3. The predicted molar refractivity (Wildman–Crippen MR) is 124 cm³/mol. The second kappa shape index (κ2) is 11.2. The van der Waals surface area contributed by atoms with Crippen LogP contribution in [0.15, 0.2) is 53.5 Å². The van der Waals surface area contributed by atoms with Crippen LogP contribution in [0.5, 0.6) is 0 Å². The van der Waals surface area contributed by atoms with E-state index >= 15 is 0 Å². The predicted octanol–water partition coefficient (Wildman–Crippen LogP) is 3.01. The number of para-hydroxylation sites is 1. The number of hydrogen-bond donors (Lipinski definition) is 4. The van der Waals surface area contributed by atoms with Crippen LogP contribution in [0.4, 0.5) is 5.69 Å². The largest absolute Gasteiger partial charge is 0.356 e. The molecule has 0 saturated carbocycles. The molecule has 0 aliphatic carbocycles. The number of nitrogens with zero attached hydrogens (tertiary/aromatic N) is 1. The molecular weight excluding hydrogens is 390 g/mol. The highest BCUT2D eigenvalue weighted by Crippen LogP contribution is 2.31. The number of benzene rings is 2. The third-order valence-corrected chi connectivity index (χ3v) is 5.34. The van der Waals surface area contributed by atoms with Crippen LogP contribution in [0, 0.1) is 0 Å². The molecule has 1 heterocycles. The van der Waals surface area contributed by atoms with Crippen molar-refractivity contribution in [1.29, 1.82) is 0 Å². The molecular formula is C24H31N5O2. The van der Waals surface area contributed by atoms with Gasteiger partial charge in [-0.1, -0.05) is 43.7 Å². The Morgan fingerprint density at radius 2 is 1.87 bits per heavy atom. The summed E-state index contributed by atoms with van der Waals surface area (Å²) in [6.45, 7) is 4.00. The quantitative estimate of drug-likeness (QED) is 0.299. The van der Waals surface area contributed by atoms with Gasteiger partial charge in [-0.25, -0.2) is 0 Å². The Hall–Kier alpha value is -3.35. The molecule has 2 aromatic rings. The van der Waals surface area contributed by atoms with Crippen LogP contribution in [0.2, 0.25) is 0 Å². The Balaban J connectivity index is 1.50. The maximum atomic E-state index is 12.1. The minimum Gasteiger partial charge on any atom is -0.356 e. The summed E-state index contributed by atoms with van der Waals surface area (Å²) >= 11 is 0. The van der Waals surface area contributed by atoms with Gasteiger partial charge in [0.1, 0.15) is 0 Å². The van der Waals surface area contributed by atoms with Crippen molar-refractivity contribution in [2.45, 2.75) is 38.6 Å². The van der Waals surface area contributed by atoms with Gasteiger partial charge >= 0.3 is 0 Å². The minimum absolute atomic E-state index is 0.0345. The highest BCUT2D eigenvalue weighted by atomic mass is 16.2. The third-order valence-electron chi connectivity index (χ3n) is 5.34. The van der Waals surface area contributed by atoms with Gasteiger partial charge in [0.15, 0.2) is 5.96 Å². The smallest absolute Gasteiger partial charge is 0.251 e. The second-order valence-electron chi connectivity index (χ2n) is 7.65. The molecule has 1 aliphatic rings. The van der Waals surface area contributed by atoms with E-state index in [4.69, 9.17) is 0 Å². The molecule has 164 valence electrons. The van der Waals surface area contributed by atoms with Crippen molar-refractivity contribution >= 4 is 23.5 Å². The molecule has 31 heavy (non-hydrogen) atoms. The molecule has 1 aliphatic heterocycles. The van der Waals surface area contributed by atoms with Crippen molar-refractivity contribution < 1.29 is 9.59 Å². The fourth-order valence-corrected chi connectivity index (χ4v) is 3.56. The standard InChI is InChI=1S/C24H31N5O2/c1-3-4-13-26-23(31)18-11-9-17(10-12-18)15-27-24(25-2)28-16-19-14-22(30)29-21-8-6-5-7-20(19)21/h5-12,19H,3-4,13-16H2,1-2H3,(H,26,31)(H,29,30)(H2,25,27,28). The van der Waals surface area contributed by atoms with Crippen LogP contribution in [0.1, 0.15) is 53.6 Å². The molecule has 0 spiro atoms. The van der Waals surface area contributed by atoms with Crippen molar-refractivity contribution in [2.75, 3.05) is 25.5 Å². The zero-order valence-electron chi connectivity index (χ0n) is 18.2. The van der Waals surface area contributed by atoms with Gasteiger partial charge in [-0.15, -0.1) is 0 Å². The lowest BCUT2D eigenvalue weighted by atomic mass is 9.90. The summed E-state index contributed by atoms with van der Waals surface area (Å²) in [5.41, 5.74) is 3.73. The summed E-state index contributed by atoms with van der Waals surface area (Å²) in [6, 6.07) is 15.5. The third kappa shape index (κ3) is 6.31. The zero-order chi connectivity index (χ0) is 22.1. The number of carbonyl (C=O) groups excluding carboxylic acids is 2. The van der Waals surface area contributed by atoms with E-state index in [1.165, 1.54) is 0 Å². The number of anilines is 1. The fraction of sp³-hybridized carbons (Fsp3) is 0.375. The van der Waals surface area contributed by atoms with E-state index in [0.29, 0.717) is 37.6 Å². The molecule has 1 atom stereocenters. The van der Waals surface area contributed by atoms with Crippen molar-refractivity contribution in [3.63, 3.8) is 0 Å². The summed E-state index contributed by atoms with van der Waals surface area (Å²) in [6.07, 6.45) is 2.49. The topological polar surface area (TPSA) is 94.6 Å². The Bertz CT molecular complexity index is 924. The molecule has 0 bridgehead atoms. The Kier molecular flexibility index (Phi) is 8.04. The lowest BCUT2D eigenvalue weighted by Crippen LogP contribution is -2.40. The van der Waals surface area contributed by atoms with Gasteiger partial charge in [-0.3, -0.25) is 14.6 Å². The summed E-state index contributed by atoms with van der Waals surface area (Å²) in [5.74, 6) is 0.758. The minimum atomic E-state index is -0.0396. The lowest BCUT2D eigenvalue weighted by molar-refractivity contribution is -0.116. The summed E-state index contributed by atoms with van der Waals surface area (Å²) in [5, 5.41) is 12.5. The number of fused-ring (bicyclic) bond motifs is 1. The van der Waals surface area contributed by atoms with E-state index in [0.717, 1.165) is 29.7 Å². The van der Waals surface area contributed by atoms with E-state index in [1.54, 1.807) is 7.05 Å². The molecule has 7 nitrogen and oxygen atoms in total. The highest BCUT2D eigenvalue weighted by molar-refractivity contribution is 5.95. The molecule has 0 fully saturated rings. The normalized spacial score (nSPS) is 15.6. The average molecular weight is 422 g/mol. The van der Waals surface area contributed by atoms with Crippen LogP contribution in [-0.4, -0.2) is 37.9 Å². The number of amides is 2. The summed E-state index contributed by atoms with van der Waals surface area (Å²) < 4.78 is 0. The highest BCUT2D eigenvalue weighted by Gasteiger charge is 2.24. The Morgan fingerprint density at radius 3 is 2.61 bits per heavy atom. The van der Waals surface area contributed by atoms with Gasteiger partial charge in [0, 0.05) is 50.3 Å². The number of aliphatic imine (C=N–C) groups is 1. The van der Waals surface area contributed by atoms with Gasteiger partial charge in [-0.2, -0.15) is 0 Å². The SMILES string of the molecule is CCCCNC(=O)c1ccc(CNC(=NC)NCC2CC(=O)Nc3ccccc32)cc1. The maximum absolute atomic E-state index is 12.1. The molecule has 1 unspecified atom stereocenters. The molecule has 0 aromatic heterocycles. The fourth-order valence-electron chi connectivity index (χ4n) is 3.56. The number of carbonyl (C=O) groups is 2. The van der Waals surface area contributed by atoms with E-state index < -0.39 is 0 Å². The van der Waals surface area contributed by atoms with E-state index in [9.17, 15) is 9.59 Å². The number of guanidine groups is 1. The average Bonchev–Trinajstić information content (AvgIpc) is 2.79. The molecule has 0 radical (unpaired) electrons. The molecule has 3 rings (SSSR count). The monoisotopic (exact) mass is 421 g/mol. The van der Waals surface area contributed by atoms with E-state index in [2.05, 4.69) is 39.2 Å². The second-order valence-corrected chi connectivity index (χ2v) is 7.65. The first-order valence-electron chi connectivity index (χ1n) is 10.8. The maximum Gasteiger partial charge on any atom is 0.251 e. The number of rotatable bonds is 8. The van der Waals surface area contributed by atoms with Crippen molar-refractivity contribution in [2.24, 2.45) is 4.99 Å². The molecule has 4 N–H and O–H groups in total. The van der Waals surface area contributed by atoms with Crippen molar-refractivity contribution in [3.05, 3.63) is 65.2 Å². The van der Waals surface area contributed by atoms with Crippen LogP contribution in [0.25, 0.3) is 0 Å². The van der Waals surface area contributed by atoms with Crippen LogP contribution in [0.3, 0.4) is 0 Å². The number of nitrogens with one attached hydrogen (secondary N) is 4. The zero-order valence-corrected chi connectivity index (χ0v) is 18.2. The van der Waals surface area contributed by atoms with Gasteiger partial charge in [0.25, 0.3) is 5.91 Å². The lowest BCUT2D eigenvalue weighted by Gasteiger charge is -2.26. The number of unbranched alkanes of at least 4 members (excludes halogenated alkanes) is 1. The van der Waals surface area contributed by atoms with Gasteiger partial charge in [0.05, 0.1) is 0 Å². The van der Waals surface area contributed by atoms with Crippen molar-refractivity contribution in [3.8, 4) is 0 Å². The first-order chi connectivity index (χ1) is 15.1. The molecule has 0 saturated heterocycles. The van der Waals surface area contributed by atoms with Crippen molar-refractivity contribution in [1.82, 2.24) is 16.0 Å². The molecule has 2 aromatic carbocycles. The van der Waals surface area contributed by atoms with E-state index in [1.807, 2.05) is 42.5 Å². The summed E-state index contributed by atoms with van der Waals surface area (Å²) in [4.78, 5) is 28.4.